The molecule has 0 bridgehead atoms. The summed E-state index contributed by atoms with van der Waals surface area (Å²) in [5, 5.41) is 2.20. The van der Waals surface area contributed by atoms with Crippen LogP contribution in [0.25, 0.3) is 10.2 Å². The molecule has 36 heavy (non-hydrogen) atoms. The molecule has 1 aromatic heterocycles. The van der Waals surface area contributed by atoms with Crippen molar-refractivity contribution in [2.75, 3.05) is 20.3 Å². The Balaban J connectivity index is 1.45. The molecule has 0 aliphatic carbocycles. The number of para-hydroxylation sites is 1. The molecule has 2 heterocycles. The number of esters is 1. The second kappa shape index (κ2) is 10.5. The summed E-state index contributed by atoms with van der Waals surface area (Å²) in [5.74, 6) is -0.105. The molecule has 184 valence electrons. The minimum absolute atomic E-state index is 0.194. The largest absolute Gasteiger partial charge is 0.535 e. The van der Waals surface area contributed by atoms with E-state index < -0.39 is 18.2 Å². The molecule has 10 heteroatoms. The van der Waals surface area contributed by atoms with Crippen molar-refractivity contribution in [3.63, 3.8) is 0 Å². The first-order chi connectivity index (χ1) is 17.5. The molecular weight excluding hydrogens is 504 g/mol. The van der Waals surface area contributed by atoms with Gasteiger partial charge in [0.05, 0.1) is 23.4 Å². The van der Waals surface area contributed by atoms with Crippen LogP contribution in [0.4, 0.5) is 4.79 Å². The molecule has 0 fully saturated rings. The Labute approximate surface area is 215 Å². The summed E-state index contributed by atoms with van der Waals surface area (Å²) in [6, 6.07) is 19.9. The van der Waals surface area contributed by atoms with Gasteiger partial charge in [-0.3, -0.25) is 0 Å². The van der Waals surface area contributed by atoms with Crippen LogP contribution in [0.15, 0.2) is 66.7 Å². The smallest absolute Gasteiger partial charge is 0.482 e. The topological polar surface area (TPSA) is 87.2 Å². The molecule has 1 aliphatic rings. The molecule has 0 saturated heterocycles. The van der Waals surface area contributed by atoms with Crippen LogP contribution in [0, 0.1) is 0 Å². The third-order valence-corrected chi connectivity index (χ3v) is 6.86. The number of nitrogens with zero attached hydrogens (tertiary/aromatic N) is 2. The van der Waals surface area contributed by atoms with Gasteiger partial charge < -0.3 is 19.0 Å². The maximum Gasteiger partial charge on any atom is 0.535 e. The van der Waals surface area contributed by atoms with E-state index in [9.17, 15) is 9.59 Å². The lowest BCUT2D eigenvalue weighted by Gasteiger charge is -2.36. The Kier molecular flexibility index (Phi) is 7.04. The molecule has 5 rings (SSSR count). The van der Waals surface area contributed by atoms with Crippen molar-refractivity contribution in [1.29, 1.82) is 0 Å². The summed E-state index contributed by atoms with van der Waals surface area (Å²) in [4.78, 5) is 34.6. The first kappa shape index (κ1) is 24.1. The predicted molar refractivity (Wildman–Crippen MR) is 134 cm³/mol. The van der Waals surface area contributed by atoms with Gasteiger partial charge in [-0.15, -0.1) is 5.06 Å². The van der Waals surface area contributed by atoms with Gasteiger partial charge in [0.2, 0.25) is 0 Å². The van der Waals surface area contributed by atoms with E-state index in [1.165, 1.54) is 23.5 Å². The number of aromatic nitrogens is 1. The number of halogens is 1. The van der Waals surface area contributed by atoms with E-state index in [2.05, 4.69) is 4.98 Å². The molecule has 1 atom stereocenters. The zero-order valence-corrected chi connectivity index (χ0v) is 20.8. The number of hydroxylamine groups is 2. The van der Waals surface area contributed by atoms with Gasteiger partial charge in [0.1, 0.15) is 5.75 Å². The molecule has 0 N–H and O–H groups in total. The average molecular weight is 525 g/mol. The van der Waals surface area contributed by atoms with Gasteiger partial charge in [0.25, 0.3) is 5.19 Å². The molecule has 0 amide bonds. The normalized spacial score (nSPS) is 15.2. The van der Waals surface area contributed by atoms with Crippen molar-refractivity contribution in [3.8, 4) is 10.9 Å². The second-order valence-electron chi connectivity index (χ2n) is 7.93. The van der Waals surface area contributed by atoms with Gasteiger partial charge in [-0.25, -0.2) is 14.6 Å². The number of hydrogen-bond acceptors (Lipinski definition) is 9. The van der Waals surface area contributed by atoms with E-state index in [0.29, 0.717) is 29.3 Å². The summed E-state index contributed by atoms with van der Waals surface area (Å²) in [5.41, 5.74) is 3.38. The van der Waals surface area contributed by atoms with Crippen LogP contribution < -0.4 is 9.47 Å². The highest BCUT2D eigenvalue weighted by Crippen LogP contribution is 2.41. The van der Waals surface area contributed by atoms with Crippen LogP contribution in [0.1, 0.15) is 22.7 Å². The zero-order valence-electron chi connectivity index (χ0n) is 19.2. The molecule has 1 aliphatic heterocycles. The summed E-state index contributed by atoms with van der Waals surface area (Å²) >= 11 is 7.60. The molecule has 3 aromatic carbocycles. The fourth-order valence-electron chi connectivity index (χ4n) is 4.10. The number of benzene rings is 3. The van der Waals surface area contributed by atoms with E-state index in [1.807, 2.05) is 48.5 Å². The van der Waals surface area contributed by atoms with Gasteiger partial charge in [-0.1, -0.05) is 59.3 Å². The van der Waals surface area contributed by atoms with E-state index >= 15 is 0 Å². The zero-order chi connectivity index (χ0) is 25.1. The maximum atomic E-state index is 12.8. The first-order valence-corrected chi connectivity index (χ1v) is 12.3. The minimum atomic E-state index is -0.905. The van der Waals surface area contributed by atoms with Crippen molar-refractivity contribution in [2.45, 2.75) is 12.5 Å². The fraction of sp³-hybridized carbons (Fsp3) is 0.192. The highest BCUT2D eigenvalue weighted by Gasteiger charge is 2.34. The Morgan fingerprint density at radius 2 is 1.89 bits per heavy atom. The summed E-state index contributed by atoms with van der Waals surface area (Å²) in [6.07, 6.45) is -0.252. The number of carbonyl (C=O) groups is 2. The molecule has 0 saturated carbocycles. The Morgan fingerprint density at radius 1 is 1.08 bits per heavy atom. The molecule has 0 spiro atoms. The number of rotatable bonds is 6. The van der Waals surface area contributed by atoms with Crippen LogP contribution in [0.5, 0.6) is 10.9 Å². The van der Waals surface area contributed by atoms with E-state index in [-0.39, 0.29) is 11.8 Å². The number of carbonyl (C=O) groups excluding carboxylic acids is 2. The monoisotopic (exact) mass is 524 g/mol. The quantitative estimate of drug-likeness (QED) is 0.302. The van der Waals surface area contributed by atoms with Crippen LogP contribution in [0.3, 0.4) is 0 Å². The molecule has 8 nitrogen and oxygen atoms in total. The average Bonchev–Trinajstić information content (AvgIpc) is 3.29. The van der Waals surface area contributed by atoms with Crippen molar-refractivity contribution in [3.05, 3.63) is 88.4 Å². The van der Waals surface area contributed by atoms with Crippen LogP contribution >= 0.6 is 22.9 Å². The van der Waals surface area contributed by atoms with E-state index in [0.717, 1.165) is 21.3 Å². The third kappa shape index (κ3) is 5.13. The number of hydrogen-bond donors (Lipinski definition) is 0. The van der Waals surface area contributed by atoms with Crippen molar-refractivity contribution >= 4 is 45.3 Å². The van der Waals surface area contributed by atoms with Gasteiger partial charge in [-0.05, 0) is 47.9 Å². The van der Waals surface area contributed by atoms with Gasteiger partial charge in [-0.2, -0.15) is 0 Å². The van der Waals surface area contributed by atoms with Crippen molar-refractivity contribution in [1.82, 2.24) is 10.0 Å². The second-order valence-corrected chi connectivity index (χ2v) is 9.36. The van der Waals surface area contributed by atoms with Crippen molar-refractivity contribution < 1.29 is 28.6 Å². The lowest BCUT2D eigenvalue weighted by Crippen LogP contribution is -2.38. The lowest BCUT2D eigenvalue weighted by molar-refractivity contribution is -0.143. The molecular formula is C26H21ClN2O6S. The highest BCUT2D eigenvalue weighted by molar-refractivity contribution is 7.20. The molecule has 0 radical (unpaired) electrons. The SMILES string of the molecule is COC(=O)COc1ccc(Cl)cc1[C@@H]1c2ccccc2CCN1OC(=O)Oc1nc2ccccc2s1. The minimum Gasteiger partial charge on any atom is -0.482 e. The van der Waals surface area contributed by atoms with Crippen LogP contribution in [-0.2, 0) is 20.8 Å². The number of ether oxygens (including phenoxy) is 3. The van der Waals surface area contributed by atoms with Gasteiger partial charge >= 0.3 is 12.1 Å². The Morgan fingerprint density at radius 3 is 2.72 bits per heavy atom. The summed E-state index contributed by atoms with van der Waals surface area (Å²) in [6.45, 7) is 0.125. The lowest BCUT2D eigenvalue weighted by atomic mass is 9.89. The van der Waals surface area contributed by atoms with Gasteiger partial charge in [0.15, 0.2) is 6.61 Å². The first-order valence-electron chi connectivity index (χ1n) is 11.1. The summed E-state index contributed by atoms with van der Waals surface area (Å²) < 4.78 is 16.8. The number of thiazole rings is 1. The Hall–Kier alpha value is -3.66. The number of methoxy groups -OCH3 is 1. The highest BCUT2D eigenvalue weighted by atomic mass is 35.5. The molecule has 4 aromatic rings. The predicted octanol–water partition coefficient (Wildman–Crippen LogP) is 5.58. The standard InChI is InChI=1S/C26H21ClN2O6S/c1-32-23(30)15-33-21-11-10-17(27)14-19(21)24-18-7-3-2-6-16(18)12-13-29(24)35-26(31)34-25-28-20-8-4-5-9-22(20)36-25/h2-11,14,24H,12-13,15H2,1H3/t24-/m0/s1. The van der Waals surface area contributed by atoms with Crippen molar-refractivity contribution in [2.24, 2.45) is 0 Å². The number of fused-ring (bicyclic) bond motifs is 2. The third-order valence-electron chi connectivity index (χ3n) is 5.72. The maximum absolute atomic E-state index is 12.8. The van der Waals surface area contributed by atoms with E-state index in [4.69, 9.17) is 30.6 Å². The Bertz CT molecular complexity index is 1390. The van der Waals surface area contributed by atoms with Gasteiger partial charge in [0, 0.05) is 17.1 Å². The van der Waals surface area contributed by atoms with Crippen LogP contribution in [-0.4, -0.2) is 42.4 Å². The summed E-state index contributed by atoms with van der Waals surface area (Å²) in [7, 11) is 1.29. The molecule has 0 unspecified atom stereocenters. The van der Waals surface area contributed by atoms with E-state index in [1.54, 1.807) is 18.2 Å². The van der Waals surface area contributed by atoms with Crippen LogP contribution in [0.2, 0.25) is 5.02 Å². The fourth-order valence-corrected chi connectivity index (χ4v) is 5.09.